The molecule has 0 atom stereocenters. The van der Waals surface area contributed by atoms with E-state index in [9.17, 15) is 4.79 Å². The van der Waals surface area contributed by atoms with Gasteiger partial charge in [-0.05, 0) is 36.2 Å². The van der Waals surface area contributed by atoms with Crippen LogP contribution in [-0.4, -0.2) is 35.5 Å². The molecule has 0 aromatic carbocycles. The number of thiazole rings is 1. The van der Waals surface area contributed by atoms with Crippen molar-refractivity contribution >= 4 is 40.0 Å². The standard InChI is InChI=1S/C14H24N4OS2/c1-9(2)7-17-14-18-12(15)11(21-14)13(19)16-8-10-3-5-20-6-4-10/h9-10H,3-8,15H2,1-2H3,(H,16,19)(H,17,18). The Labute approximate surface area is 134 Å². The number of carbonyl (C=O) groups excluding carboxylic acids is 1. The maximum Gasteiger partial charge on any atom is 0.265 e. The maximum atomic E-state index is 12.2. The molecule has 1 saturated heterocycles. The van der Waals surface area contributed by atoms with Crippen molar-refractivity contribution in [2.45, 2.75) is 26.7 Å². The van der Waals surface area contributed by atoms with E-state index in [1.165, 1.54) is 35.7 Å². The van der Waals surface area contributed by atoms with Crippen molar-refractivity contribution in [1.82, 2.24) is 10.3 Å². The van der Waals surface area contributed by atoms with Crippen LogP contribution in [0.1, 0.15) is 36.4 Å². The van der Waals surface area contributed by atoms with E-state index in [1.807, 2.05) is 11.8 Å². The van der Waals surface area contributed by atoms with Gasteiger partial charge in [-0.15, -0.1) is 0 Å². The number of hydrogen-bond acceptors (Lipinski definition) is 6. The first-order valence-corrected chi connectivity index (χ1v) is 9.39. The molecule has 2 heterocycles. The van der Waals surface area contributed by atoms with Gasteiger partial charge < -0.3 is 16.4 Å². The molecule has 0 bridgehead atoms. The Morgan fingerprint density at radius 2 is 2.14 bits per heavy atom. The van der Waals surface area contributed by atoms with Gasteiger partial charge in [-0.3, -0.25) is 4.79 Å². The van der Waals surface area contributed by atoms with Gasteiger partial charge in [0.25, 0.3) is 5.91 Å². The molecular formula is C14H24N4OS2. The topological polar surface area (TPSA) is 80.0 Å². The monoisotopic (exact) mass is 328 g/mol. The van der Waals surface area contributed by atoms with Crippen LogP contribution in [0.3, 0.4) is 0 Å². The lowest BCUT2D eigenvalue weighted by Crippen LogP contribution is -2.30. The summed E-state index contributed by atoms with van der Waals surface area (Å²) in [7, 11) is 0. The predicted molar refractivity (Wildman–Crippen MR) is 92.2 cm³/mol. The second kappa shape index (κ2) is 7.89. The first-order chi connectivity index (χ1) is 10.1. The van der Waals surface area contributed by atoms with Gasteiger partial charge in [0.1, 0.15) is 10.7 Å². The summed E-state index contributed by atoms with van der Waals surface area (Å²) >= 11 is 3.33. The van der Waals surface area contributed by atoms with Crippen LogP contribution in [-0.2, 0) is 0 Å². The molecule has 1 aromatic heterocycles. The summed E-state index contributed by atoms with van der Waals surface area (Å²) in [5, 5.41) is 6.94. The van der Waals surface area contributed by atoms with Crippen molar-refractivity contribution in [2.24, 2.45) is 11.8 Å². The number of nitrogen functional groups attached to an aromatic ring is 1. The molecule has 4 N–H and O–H groups in total. The number of nitrogens with zero attached hydrogens (tertiary/aromatic N) is 1. The Bertz CT molecular complexity index is 470. The summed E-state index contributed by atoms with van der Waals surface area (Å²) in [6.07, 6.45) is 2.37. The summed E-state index contributed by atoms with van der Waals surface area (Å²) in [5.74, 6) is 3.75. The average Bonchev–Trinajstić information content (AvgIpc) is 2.85. The van der Waals surface area contributed by atoms with Gasteiger partial charge in [-0.25, -0.2) is 4.98 Å². The van der Waals surface area contributed by atoms with Gasteiger partial charge in [-0.1, -0.05) is 25.2 Å². The van der Waals surface area contributed by atoms with E-state index in [4.69, 9.17) is 5.73 Å². The fraction of sp³-hybridized carbons (Fsp3) is 0.714. The van der Waals surface area contributed by atoms with Crippen LogP contribution < -0.4 is 16.4 Å². The van der Waals surface area contributed by atoms with Crippen LogP contribution in [0, 0.1) is 11.8 Å². The van der Waals surface area contributed by atoms with Crippen LogP contribution in [0.2, 0.25) is 0 Å². The summed E-state index contributed by atoms with van der Waals surface area (Å²) in [4.78, 5) is 16.9. The highest BCUT2D eigenvalue weighted by Crippen LogP contribution is 2.26. The number of amides is 1. The molecule has 0 radical (unpaired) electrons. The van der Waals surface area contributed by atoms with E-state index in [-0.39, 0.29) is 5.91 Å². The zero-order valence-corrected chi connectivity index (χ0v) is 14.3. The summed E-state index contributed by atoms with van der Waals surface area (Å²) in [6.45, 7) is 5.82. The highest BCUT2D eigenvalue weighted by atomic mass is 32.2. The third-order valence-corrected chi connectivity index (χ3v) is 5.49. The van der Waals surface area contributed by atoms with Gasteiger partial charge in [0, 0.05) is 13.1 Å². The normalized spacial score (nSPS) is 16.1. The van der Waals surface area contributed by atoms with Crippen LogP contribution >= 0.6 is 23.1 Å². The van der Waals surface area contributed by atoms with E-state index in [0.717, 1.165) is 18.2 Å². The van der Waals surface area contributed by atoms with Gasteiger partial charge in [-0.2, -0.15) is 11.8 Å². The highest BCUT2D eigenvalue weighted by Gasteiger charge is 2.19. The third kappa shape index (κ3) is 5.07. The van der Waals surface area contributed by atoms with Crippen molar-refractivity contribution in [3.8, 4) is 0 Å². The second-order valence-corrected chi connectivity index (χ2v) is 8.00. The van der Waals surface area contributed by atoms with E-state index in [2.05, 4.69) is 29.5 Å². The van der Waals surface area contributed by atoms with E-state index < -0.39 is 0 Å². The number of rotatable bonds is 6. The average molecular weight is 329 g/mol. The number of anilines is 2. The Morgan fingerprint density at radius 3 is 2.81 bits per heavy atom. The molecule has 0 spiro atoms. The molecule has 7 heteroatoms. The van der Waals surface area contributed by atoms with Crippen LogP contribution in [0.5, 0.6) is 0 Å². The molecule has 118 valence electrons. The fourth-order valence-corrected chi connectivity index (χ4v) is 4.14. The van der Waals surface area contributed by atoms with Crippen molar-refractivity contribution in [3.05, 3.63) is 4.88 Å². The number of carbonyl (C=O) groups is 1. The lowest BCUT2D eigenvalue weighted by atomic mass is 10.0. The smallest absolute Gasteiger partial charge is 0.265 e. The quantitative estimate of drug-likeness (QED) is 0.748. The van der Waals surface area contributed by atoms with Crippen molar-refractivity contribution in [1.29, 1.82) is 0 Å². The number of nitrogens with two attached hydrogens (primary N) is 1. The first kappa shape index (κ1) is 16.4. The zero-order valence-electron chi connectivity index (χ0n) is 12.6. The second-order valence-electron chi connectivity index (χ2n) is 5.77. The summed E-state index contributed by atoms with van der Waals surface area (Å²) in [6, 6.07) is 0. The molecule has 0 unspecified atom stereocenters. The molecule has 1 fully saturated rings. The lowest BCUT2D eigenvalue weighted by molar-refractivity contribution is 0.0951. The summed E-state index contributed by atoms with van der Waals surface area (Å²) in [5.41, 5.74) is 5.85. The molecule has 1 aliphatic heterocycles. The number of hydrogen-bond donors (Lipinski definition) is 3. The number of thioether (sulfide) groups is 1. The van der Waals surface area contributed by atoms with Gasteiger partial charge in [0.05, 0.1) is 0 Å². The molecule has 5 nitrogen and oxygen atoms in total. The lowest BCUT2D eigenvalue weighted by Gasteiger charge is -2.21. The van der Waals surface area contributed by atoms with Crippen LogP contribution in [0.15, 0.2) is 0 Å². The molecule has 0 saturated carbocycles. The third-order valence-electron chi connectivity index (χ3n) is 3.41. The Hall–Kier alpha value is -0.950. The Balaban J connectivity index is 1.86. The molecular weight excluding hydrogens is 304 g/mol. The minimum absolute atomic E-state index is 0.0965. The molecule has 1 amide bonds. The first-order valence-electron chi connectivity index (χ1n) is 7.42. The Morgan fingerprint density at radius 1 is 1.43 bits per heavy atom. The summed E-state index contributed by atoms with van der Waals surface area (Å²) < 4.78 is 0. The number of nitrogens with one attached hydrogen (secondary N) is 2. The van der Waals surface area contributed by atoms with Gasteiger partial charge in [0.15, 0.2) is 5.13 Å². The van der Waals surface area contributed by atoms with E-state index in [0.29, 0.717) is 22.5 Å². The van der Waals surface area contributed by atoms with Crippen LogP contribution in [0.25, 0.3) is 0 Å². The van der Waals surface area contributed by atoms with Crippen molar-refractivity contribution < 1.29 is 4.79 Å². The SMILES string of the molecule is CC(C)CNc1nc(N)c(C(=O)NCC2CCSCC2)s1. The fourth-order valence-electron chi connectivity index (χ4n) is 2.13. The van der Waals surface area contributed by atoms with E-state index in [1.54, 1.807) is 0 Å². The van der Waals surface area contributed by atoms with Crippen molar-refractivity contribution in [3.63, 3.8) is 0 Å². The minimum Gasteiger partial charge on any atom is -0.382 e. The largest absolute Gasteiger partial charge is 0.382 e. The van der Waals surface area contributed by atoms with Crippen molar-refractivity contribution in [2.75, 3.05) is 35.6 Å². The maximum absolute atomic E-state index is 12.2. The van der Waals surface area contributed by atoms with Gasteiger partial charge in [0.2, 0.25) is 0 Å². The predicted octanol–water partition coefficient (Wildman–Crippen LogP) is 2.67. The molecule has 1 aliphatic rings. The Kier molecular flexibility index (Phi) is 6.17. The molecule has 2 rings (SSSR count). The van der Waals surface area contributed by atoms with Gasteiger partial charge >= 0.3 is 0 Å². The molecule has 21 heavy (non-hydrogen) atoms. The highest BCUT2D eigenvalue weighted by molar-refractivity contribution is 7.99. The van der Waals surface area contributed by atoms with E-state index >= 15 is 0 Å². The van der Waals surface area contributed by atoms with Crippen LogP contribution in [0.4, 0.5) is 10.9 Å². The molecule has 0 aliphatic carbocycles. The zero-order chi connectivity index (χ0) is 15.2. The molecule has 1 aromatic rings. The number of aromatic nitrogens is 1. The minimum atomic E-state index is -0.0965.